The number of Topliss-reactive ketones (excluding diaryl/α,β-unsaturated/α-hetero) is 1. The molecule has 4 heteroatoms. The quantitative estimate of drug-likeness (QED) is 0.669. The van der Waals surface area contributed by atoms with Gasteiger partial charge in [-0.2, -0.15) is 0 Å². The van der Waals surface area contributed by atoms with Crippen LogP contribution in [0.4, 0.5) is 0 Å². The van der Waals surface area contributed by atoms with Crippen LogP contribution < -0.4 is 4.74 Å². The van der Waals surface area contributed by atoms with Crippen molar-refractivity contribution in [3.05, 3.63) is 35.4 Å². The normalized spacial score (nSPS) is 20.8. The Bertz CT molecular complexity index is 533. The lowest BCUT2D eigenvalue weighted by Crippen LogP contribution is -2.22. The van der Waals surface area contributed by atoms with Gasteiger partial charge in [0.15, 0.2) is 5.78 Å². The van der Waals surface area contributed by atoms with Gasteiger partial charge in [0.1, 0.15) is 23.7 Å². The number of phenols is 1. The summed E-state index contributed by atoms with van der Waals surface area (Å²) in [6.07, 6.45) is -0.562. The molecule has 0 aromatic heterocycles. The third-order valence-corrected chi connectivity index (χ3v) is 3.17. The molecule has 0 bridgehead atoms. The summed E-state index contributed by atoms with van der Waals surface area (Å²) in [4.78, 5) is 11.5. The summed E-state index contributed by atoms with van der Waals surface area (Å²) < 4.78 is 11.5. The lowest BCUT2D eigenvalue weighted by molar-refractivity contribution is 0.0157. The monoisotopic (exact) mass is 262 g/mol. The lowest BCUT2D eigenvalue weighted by Gasteiger charge is -2.18. The number of rotatable bonds is 4. The van der Waals surface area contributed by atoms with Crippen LogP contribution in [-0.4, -0.2) is 23.6 Å². The number of hydrogen-bond donors (Lipinski definition) is 1. The van der Waals surface area contributed by atoms with Gasteiger partial charge in [-0.15, -0.1) is 0 Å². The maximum absolute atomic E-state index is 11.5. The zero-order valence-electron chi connectivity index (χ0n) is 11.4. The predicted molar refractivity (Wildman–Crippen MR) is 71.7 cm³/mol. The average Bonchev–Trinajstić information content (AvgIpc) is 2.66. The lowest BCUT2D eigenvalue weighted by atomic mass is 9.99. The number of hydrogen-bond acceptors (Lipinski definition) is 4. The summed E-state index contributed by atoms with van der Waals surface area (Å²) in [5.74, 6) is 0.298. The van der Waals surface area contributed by atoms with Gasteiger partial charge in [0.2, 0.25) is 0 Å². The van der Waals surface area contributed by atoms with E-state index in [0.29, 0.717) is 12.4 Å². The highest BCUT2D eigenvalue weighted by Crippen LogP contribution is 2.44. The SMILES string of the molecule is C=C(C)C1Oc2cc(O)c(C(C)=O)cc2C1OCC. The Morgan fingerprint density at radius 1 is 1.47 bits per heavy atom. The number of ketones is 1. The molecule has 0 spiro atoms. The topological polar surface area (TPSA) is 55.8 Å². The minimum atomic E-state index is -0.281. The summed E-state index contributed by atoms with van der Waals surface area (Å²) in [7, 11) is 0. The second-order valence-corrected chi connectivity index (χ2v) is 4.72. The van der Waals surface area contributed by atoms with E-state index < -0.39 is 0 Å². The summed E-state index contributed by atoms with van der Waals surface area (Å²) in [5.41, 5.74) is 1.92. The Balaban J connectivity index is 2.49. The molecule has 19 heavy (non-hydrogen) atoms. The van der Waals surface area contributed by atoms with Gasteiger partial charge in [-0.3, -0.25) is 4.79 Å². The first-order valence-corrected chi connectivity index (χ1v) is 6.27. The van der Waals surface area contributed by atoms with E-state index in [0.717, 1.165) is 11.1 Å². The molecular formula is C15H18O4. The van der Waals surface area contributed by atoms with Gasteiger partial charge in [-0.25, -0.2) is 0 Å². The molecule has 4 nitrogen and oxygen atoms in total. The van der Waals surface area contributed by atoms with Crippen LogP contribution in [0.5, 0.6) is 11.5 Å². The number of phenolic OH excluding ortho intramolecular Hbond substituents is 1. The van der Waals surface area contributed by atoms with Crippen molar-refractivity contribution in [3.8, 4) is 11.5 Å². The smallest absolute Gasteiger partial charge is 0.163 e. The molecule has 1 aromatic rings. The Morgan fingerprint density at radius 2 is 2.16 bits per heavy atom. The van der Waals surface area contributed by atoms with Crippen molar-refractivity contribution in [2.24, 2.45) is 0 Å². The van der Waals surface area contributed by atoms with Crippen LogP contribution in [0.1, 0.15) is 42.8 Å². The number of benzene rings is 1. The molecule has 0 fully saturated rings. The number of carbonyl (C=O) groups is 1. The minimum Gasteiger partial charge on any atom is -0.507 e. The van der Waals surface area contributed by atoms with Crippen LogP contribution in [0.25, 0.3) is 0 Å². The number of fused-ring (bicyclic) bond motifs is 1. The van der Waals surface area contributed by atoms with Crippen molar-refractivity contribution in [1.82, 2.24) is 0 Å². The van der Waals surface area contributed by atoms with Crippen LogP contribution >= 0.6 is 0 Å². The highest BCUT2D eigenvalue weighted by Gasteiger charge is 2.36. The van der Waals surface area contributed by atoms with Crippen molar-refractivity contribution in [2.75, 3.05) is 6.61 Å². The van der Waals surface area contributed by atoms with Crippen LogP contribution in [0.3, 0.4) is 0 Å². The Morgan fingerprint density at radius 3 is 2.68 bits per heavy atom. The van der Waals surface area contributed by atoms with Gasteiger partial charge in [-0.05, 0) is 32.4 Å². The molecule has 1 aliphatic rings. The predicted octanol–water partition coefficient (Wildman–Crippen LogP) is 3.01. The van der Waals surface area contributed by atoms with Crippen LogP contribution in [0.2, 0.25) is 0 Å². The van der Waals surface area contributed by atoms with E-state index in [2.05, 4.69) is 6.58 Å². The van der Waals surface area contributed by atoms with Crippen LogP contribution in [-0.2, 0) is 4.74 Å². The third-order valence-electron chi connectivity index (χ3n) is 3.17. The van der Waals surface area contributed by atoms with Crippen molar-refractivity contribution in [3.63, 3.8) is 0 Å². The molecule has 1 N–H and O–H groups in total. The van der Waals surface area contributed by atoms with E-state index in [1.807, 2.05) is 13.8 Å². The summed E-state index contributed by atoms with van der Waals surface area (Å²) in [5, 5.41) is 9.82. The van der Waals surface area contributed by atoms with Gasteiger partial charge in [-0.1, -0.05) is 6.58 Å². The Kier molecular flexibility index (Phi) is 3.62. The zero-order valence-corrected chi connectivity index (χ0v) is 11.4. The first-order chi connectivity index (χ1) is 8.95. The first kappa shape index (κ1) is 13.6. The zero-order chi connectivity index (χ0) is 14.2. The third kappa shape index (κ3) is 2.36. The first-order valence-electron chi connectivity index (χ1n) is 6.27. The van der Waals surface area contributed by atoms with Crippen molar-refractivity contribution in [1.29, 1.82) is 0 Å². The fourth-order valence-electron chi connectivity index (χ4n) is 2.27. The molecule has 2 atom stereocenters. The number of aromatic hydroxyl groups is 1. The Labute approximate surface area is 112 Å². The van der Waals surface area contributed by atoms with E-state index in [4.69, 9.17) is 9.47 Å². The van der Waals surface area contributed by atoms with E-state index in [-0.39, 0.29) is 29.3 Å². The maximum Gasteiger partial charge on any atom is 0.163 e. The molecular weight excluding hydrogens is 244 g/mol. The van der Waals surface area contributed by atoms with E-state index in [1.165, 1.54) is 13.0 Å². The Hall–Kier alpha value is -1.81. The van der Waals surface area contributed by atoms with Crippen LogP contribution in [0, 0.1) is 0 Å². The summed E-state index contributed by atoms with van der Waals surface area (Å²) in [6, 6.07) is 3.12. The fraction of sp³-hybridized carbons (Fsp3) is 0.400. The molecule has 1 heterocycles. The molecule has 0 saturated heterocycles. The number of carbonyl (C=O) groups excluding carboxylic acids is 1. The number of ether oxygens (including phenoxy) is 2. The molecule has 0 radical (unpaired) electrons. The van der Waals surface area contributed by atoms with Gasteiger partial charge in [0.25, 0.3) is 0 Å². The highest BCUT2D eigenvalue weighted by atomic mass is 16.6. The molecule has 0 amide bonds. The molecule has 2 rings (SSSR count). The molecule has 1 aromatic carbocycles. The van der Waals surface area contributed by atoms with Crippen molar-refractivity contribution >= 4 is 5.78 Å². The minimum absolute atomic E-state index is 0.0659. The molecule has 2 unspecified atom stereocenters. The van der Waals surface area contributed by atoms with Crippen molar-refractivity contribution in [2.45, 2.75) is 33.0 Å². The second kappa shape index (κ2) is 5.05. The maximum atomic E-state index is 11.5. The van der Waals surface area contributed by atoms with Gasteiger partial charge >= 0.3 is 0 Å². The molecule has 1 aliphatic heterocycles. The second-order valence-electron chi connectivity index (χ2n) is 4.72. The van der Waals surface area contributed by atoms with Gasteiger partial charge < -0.3 is 14.6 Å². The van der Waals surface area contributed by atoms with Gasteiger partial charge in [0, 0.05) is 18.2 Å². The summed E-state index contributed by atoms with van der Waals surface area (Å²) in [6.45, 7) is 9.63. The molecule has 0 aliphatic carbocycles. The fourth-order valence-corrected chi connectivity index (χ4v) is 2.27. The average molecular weight is 262 g/mol. The molecule has 0 saturated carbocycles. The van der Waals surface area contributed by atoms with Gasteiger partial charge in [0.05, 0.1) is 5.56 Å². The largest absolute Gasteiger partial charge is 0.507 e. The van der Waals surface area contributed by atoms with E-state index in [1.54, 1.807) is 6.07 Å². The molecule has 102 valence electrons. The standard InChI is InChI=1S/C15H18O4/c1-5-18-15-11-6-10(9(4)16)12(17)7-13(11)19-14(15)8(2)3/h6-7,14-15,17H,2,5H2,1,3-4H3. The highest BCUT2D eigenvalue weighted by molar-refractivity contribution is 5.97. The summed E-state index contributed by atoms with van der Waals surface area (Å²) >= 11 is 0. The van der Waals surface area contributed by atoms with E-state index >= 15 is 0 Å². The van der Waals surface area contributed by atoms with E-state index in [9.17, 15) is 9.90 Å². The van der Waals surface area contributed by atoms with Crippen molar-refractivity contribution < 1.29 is 19.4 Å². The van der Waals surface area contributed by atoms with Crippen LogP contribution in [0.15, 0.2) is 24.3 Å².